The van der Waals surface area contributed by atoms with Gasteiger partial charge < -0.3 is 10.2 Å². The van der Waals surface area contributed by atoms with Crippen LogP contribution in [0, 0.1) is 0 Å². The average Bonchev–Trinajstić information content (AvgIpc) is 3.49. The number of rotatable bonds is 7. The molecule has 3 aromatic carbocycles. The summed E-state index contributed by atoms with van der Waals surface area (Å²) < 4.78 is 0. The number of imide groups is 1. The number of hydrogen-bond donors (Lipinski definition) is 1. The molecule has 0 unspecified atom stereocenters. The van der Waals surface area contributed by atoms with E-state index >= 15 is 0 Å². The topological polar surface area (TPSA) is 55.9 Å². The summed E-state index contributed by atoms with van der Waals surface area (Å²) in [6, 6.07) is 27.0. The molecule has 3 amide bonds. The van der Waals surface area contributed by atoms with Crippen molar-refractivity contribution in [1.29, 1.82) is 0 Å². The lowest BCUT2D eigenvalue weighted by molar-refractivity contribution is -0.131. The lowest BCUT2D eigenvalue weighted by Gasteiger charge is -2.29. The van der Waals surface area contributed by atoms with E-state index in [1.165, 1.54) is 29.0 Å². The zero-order valence-corrected chi connectivity index (χ0v) is 19.5. The van der Waals surface area contributed by atoms with Gasteiger partial charge in [0.05, 0.1) is 6.67 Å². The van der Waals surface area contributed by atoms with E-state index in [9.17, 15) is 9.59 Å². The second-order valence-electron chi connectivity index (χ2n) is 9.12. The standard InChI is InChI=1S/C28H30N4O2/c1-30(20-22-12-8-9-17-25(22)31-18-10-11-19-31)21-32-26(33)28(29-27(32)34,23-13-4-2-5-14-23)24-15-6-3-7-16-24/h2-9,12-17H,10-11,18-21H2,1H3,(H,29,34). The third kappa shape index (κ3) is 3.94. The molecule has 5 rings (SSSR count). The molecule has 2 fully saturated rings. The highest BCUT2D eigenvalue weighted by molar-refractivity contribution is 6.09. The molecule has 0 saturated carbocycles. The van der Waals surface area contributed by atoms with Gasteiger partial charge in [-0.05, 0) is 42.6 Å². The molecule has 0 aliphatic carbocycles. The fourth-order valence-corrected chi connectivity index (χ4v) is 5.13. The van der Waals surface area contributed by atoms with Crippen LogP contribution in [-0.2, 0) is 16.9 Å². The van der Waals surface area contributed by atoms with Crippen LogP contribution in [0.1, 0.15) is 29.5 Å². The van der Waals surface area contributed by atoms with E-state index in [0.29, 0.717) is 6.54 Å². The van der Waals surface area contributed by atoms with Gasteiger partial charge in [-0.3, -0.25) is 9.69 Å². The number of carbonyl (C=O) groups excluding carboxylic acids is 2. The second kappa shape index (κ2) is 9.31. The van der Waals surface area contributed by atoms with Gasteiger partial charge in [0, 0.05) is 25.3 Å². The van der Waals surface area contributed by atoms with Crippen molar-refractivity contribution in [3.8, 4) is 0 Å². The van der Waals surface area contributed by atoms with Gasteiger partial charge in [0.15, 0.2) is 5.54 Å². The Balaban J connectivity index is 1.40. The lowest BCUT2D eigenvalue weighted by Crippen LogP contribution is -2.46. The molecule has 1 N–H and O–H groups in total. The van der Waals surface area contributed by atoms with Crippen LogP contribution in [0.4, 0.5) is 10.5 Å². The van der Waals surface area contributed by atoms with Crippen LogP contribution in [0.25, 0.3) is 0 Å². The van der Waals surface area contributed by atoms with Crippen LogP contribution in [0.3, 0.4) is 0 Å². The predicted molar refractivity (Wildman–Crippen MR) is 133 cm³/mol. The van der Waals surface area contributed by atoms with Gasteiger partial charge in [-0.15, -0.1) is 0 Å². The number of urea groups is 1. The Hall–Kier alpha value is -3.64. The molecule has 0 spiro atoms. The highest BCUT2D eigenvalue weighted by Crippen LogP contribution is 2.36. The van der Waals surface area contributed by atoms with Crippen molar-refractivity contribution in [2.75, 3.05) is 31.7 Å². The van der Waals surface area contributed by atoms with Crippen molar-refractivity contribution in [1.82, 2.24) is 15.1 Å². The molecule has 0 radical (unpaired) electrons. The fraction of sp³-hybridized carbons (Fsp3) is 0.286. The molecule has 174 valence electrons. The molecule has 2 aliphatic heterocycles. The summed E-state index contributed by atoms with van der Waals surface area (Å²) in [4.78, 5) is 32.9. The molecule has 6 heteroatoms. The molecule has 0 aromatic heterocycles. The predicted octanol–water partition coefficient (Wildman–Crippen LogP) is 4.17. The highest BCUT2D eigenvalue weighted by atomic mass is 16.2. The molecule has 2 heterocycles. The van der Waals surface area contributed by atoms with Gasteiger partial charge >= 0.3 is 6.03 Å². The Bertz CT molecular complexity index is 1120. The fourth-order valence-electron chi connectivity index (χ4n) is 5.13. The van der Waals surface area contributed by atoms with Crippen molar-refractivity contribution in [3.63, 3.8) is 0 Å². The van der Waals surface area contributed by atoms with Crippen LogP contribution >= 0.6 is 0 Å². The molecule has 0 bridgehead atoms. The smallest absolute Gasteiger partial charge is 0.326 e. The number of amides is 3. The monoisotopic (exact) mass is 454 g/mol. The summed E-state index contributed by atoms with van der Waals surface area (Å²) in [6.45, 7) is 3.00. The van der Waals surface area contributed by atoms with E-state index < -0.39 is 5.54 Å². The van der Waals surface area contributed by atoms with Gasteiger partial charge in [-0.2, -0.15) is 0 Å². The average molecular weight is 455 g/mol. The van der Waals surface area contributed by atoms with Crippen molar-refractivity contribution in [2.45, 2.75) is 24.9 Å². The third-order valence-corrected chi connectivity index (χ3v) is 6.78. The number of benzene rings is 3. The maximum absolute atomic E-state index is 13.9. The molecular weight excluding hydrogens is 424 g/mol. The SMILES string of the molecule is CN(Cc1ccccc1N1CCCC1)CN1C(=O)NC(c2ccccc2)(c2ccccc2)C1=O. The maximum atomic E-state index is 13.9. The van der Waals surface area contributed by atoms with Crippen molar-refractivity contribution in [3.05, 3.63) is 102 Å². The van der Waals surface area contributed by atoms with E-state index in [1.54, 1.807) is 0 Å². The minimum absolute atomic E-state index is 0.209. The Morgan fingerprint density at radius 3 is 2.00 bits per heavy atom. The molecule has 3 aromatic rings. The van der Waals surface area contributed by atoms with Crippen LogP contribution in [0.5, 0.6) is 0 Å². The number of carbonyl (C=O) groups is 2. The number of para-hydroxylation sites is 1. The quantitative estimate of drug-likeness (QED) is 0.545. The van der Waals surface area contributed by atoms with E-state index in [2.05, 4.69) is 28.4 Å². The van der Waals surface area contributed by atoms with Crippen molar-refractivity contribution >= 4 is 17.6 Å². The molecule has 2 saturated heterocycles. The highest BCUT2D eigenvalue weighted by Gasteiger charge is 2.53. The summed E-state index contributed by atoms with van der Waals surface area (Å²) in [6.07, 6.45) is 2.43. The minimum Gasteiger partial charge on any atom is -0.371 e. The van der Waals surface area contributed by atoms with Crippen molar-refractivity contribution < 1.29 is 9.59 Å². The first-order valence-corrected chi connectivity index (χ1v) is 11.9. The Morgan fingerprint density at radius 2 is 1.38 bits per heavy atom. The minimum atomic E-state index is -1.23. The molecule has 34 heavy (non-hydrogen) atoms. The summed E-state index contributed by atoms with van der Waals surface area (Å²) >= 11 is 0. The van der Waals surface area contributed by atoms with Gasteiger partial charge in [0.2, 0.25) is 0 Å². The number of nitrogens with one attached hydrogen (secondary N) is 1. The maximum Gasteiger partial charge on any atom is 0.326 e. The number of nitrogens with zero attached hydrogens (tertiary/aromatic N) is 3. The molecule has 0 atom stereocenters. The Kier molecular flexibility index (Phi) is 6.07. The largest absolute Gasteiger partial charge is 0.371 e. The summed E-state index contributed by atoms with van der Waals surface area (Å²) in [7, 11) is 1.95. The molecule has 2 aliphatic rings. The van der Waals surface area contributed by atoms with E-state index in [1.807, 2.05) is 78.7 Å². The lowest BCUT2D eigenvalue weighted by atomic mass is 9.83. The van der Waals surface area contributed by atoms with Crippen LogP contribution < -0.4 is 10.2 Å². The normalized spacial score (nSPS) is 17.5. The van der Waals surface area contributed by atoms with Gasteiger partial charge in [0.25, 0.3) is 5.91 Å². The Labute approximate surface area is 200 Å². The van der Waals surface area contributed by atoms with Crippen LogP contribution in [-0.4, -0.2) is 48.5 Å². The summed E-state index contributed by atoms with van der Waals surface area (Å²) in [5, 5.41) is 3.03. The zero-order chi connectivity index (χ0) is 23.5. The van der Waals surface area contributed by atoms with E-state index in [0.717, 1.165) is 24.2 Å². The van der Waals surface area contributed by atoms with Crippen molar-refractivity contribution in [2.24, 2.45) is 0 Å². The molecular formula is C28H30N4O2. The first-order valence-electron chi connectivity index (χ1n) is 11.9. The van der Waals surface area contributed by atoms with Gasteiger partial charge in [-0.1, -0.05) is 78.9 Å². The van der Waals surface area contributed by atoms with Gasteiger partial charge in [0.1, 0.15) is 0 Å². The second-order valence-corrected chi connectivity index (χ2v) is 9.12. The van der Waals surface area contributed by atoms with Crippen LogP contribution in [0.2, 0.25) is 0 Å². The first kappa shape index (κ1) is 22.2. The third-order valence-electron chi connectivity index (χ3n) is 6.78. The van der Waals surface area contributed by atoms with E-state index in [4.69, 9.17) is 0 Å². The Morgan fingerprint density at radius 1 is 0.824 bits per heavy atom. The molecule has 6 nitrogen and oxygen atoms in total. The summed E-state index contributed by atoms with van der Waals surface area (Å²) in [5.74, 6) is -0.255. The van der Waals surface area contributed by atoms with E-state index in [-0.39, 0.29) is 18.6 Å². The number of anilines is 1. The zero-order valence-electron chi connectivity index (χ0n) is 19.5. The number of hydrogen-bond acceptors (Lipinski definition) is 4. The first-order chi connectivity index (χ1) is 16.6. The van der Waals surface area contributed by atoms with Crippen LogP contribution in [0.15, 0.2) is 84.9 Å². The van der Waals surface area contributed by atoms with Gasteiger partial charge in [-0.25, -0.2) is 9.69 Å². The summed E-state index contributed by atoms with van der Waals surface area (Å²) in [5.41, 5.74) is 2.73.